The fraction of sp³-hybridized carbons (Fsp3) is 0.182. The molecule has 0 amide bonds. The number of H-pyrrole nitrogens is 1. The summed E-state index contributed by atoms with van der Waals surface area (Å²) >= 11 is 0. The molecule has 0 saturated heterocycles. The number of rotatable bonds is 5. The summed E-state index contributed by atoms with van der Waals surface area (Å²) < 4.78 is 0. The van der Waals surface area contributed by atoms with Crippen LogP contribution in [0.4, 0.5) is 0 Å². The number of guanidine groups is 1. The molecule has 0 aliphatic rings. The second-order valence-corrected chi connectivity index (χ2v) is 6.45. The van der Waals surface area contributed by atoms with E-state index >= 15 is 0 Å². The molecule has 2 aromatic heterocycles. The second kappa shape index (κ2) is 7.91. The maximum atomic E-state index is 4.42. The van der Waals surface area contributed by atoms with Gasteiger partial charge < -0.3 is 15.6 Å². The van der Waals surface area contributed by atoms with Crippen LogP contribution in [0.5, 0.6) is 0 Å². The molecular formula is C22H23N5. The summed E-state index contributed by atoms with van der Waals surface area (Å²) in [5.41, 5.74) is 4.72. The van der Waals surface area contributed by atoms with Gasteiger partial charge in [0.1, 0.15) is 0 Å². The Balaban J connectivity index is 1.36. The van der Waals surface area contributed by atoms with Crippen LogP contribution >= 0.6 is 0 Å². The molecule has 3 N–H and O–H groups in total. The maximum absolute atomic E-state index is 4.42. The van der Waals surface area contributed by atoms with Gasteiger partial charge in [-0.15, -0.1) is 0 Å². The minimum atomic E-state index is 0.704. The Morgan fingerprint density at radius 1 is 0.963 bits per heavy atom. The van der Waals surface area contributed by atoms with Gasteiger partial charge in [-0.25, -0.2) is 0 Å². The Morgan fingerprint density at radius 2 is 1.78 bits per heavy atom. The SMILES string of the molecule is CN=C(NCCc1c[nH]c2ccccc12)NCc1ccnc2ccccc12. The number of hydrogen-bond acceptors (Lipinski definition) is 2. The fourth-order valence-corrected chi connectivity index (χ4v) is 3.36. The number of para-hydroxylation sites is 2. The summed E-state index contributed by atoms with van der Waals surface area (Å²) in [6.45, 7) is 1.52. The summed E-state index contributed by atoms with van der Waals surface area (Å²) in [4.78, 5) is 12.1. The van der Waals surface area contributed by atoms with E-state index in [1.54, 1.807) is 7.05 Å². The third-order valence-corrected chi connectivity index (χ3v) is 4.77. The van der Waals surface area contributed by atoms with Crippen molar-refractivity contribution in [3.05, 3.63) is 78.1 Å². The molecule has 0 unspecified atom stereocenters. The number of hydrogen-bond donors (Lipinski definition) is 3. The zero-order chi connectivity index (χ0) is 18.5. The summed E-state index contributed by atoms with van der Waals surface area (Å²) in [5.74, 6) is 0.802. The van der Waals surface area contributed by atoms with Gasteiger partial charge in [-0.3, -0.25) is 9.98 Å². The van der Waals surface area contributed by atoms with Crippen molar-refractivity contribution in [3.8, 4) is 0 Å². The van der Waals surface area contributed by atoms with Crippen molar-refractivity contribution in [1.29, 1.82) is 0 Å². The highest BCUT2D eigenvalue weighted by atomic mass is 15.2. The molecule has 5 nitrogen and oxygen atoms in total. The molecule has 4 aromatic rings. The molecule has 5 heteroatoms. The van der Waals surface area contributed by atoms with Crippen molar-refractivity contribution in [2.45, 2.75) is 13.0 Å². The van der Waals surface area contributed by atoms with E-state index in [1.807, 2.05) is 24.4 Å². The van der Waals surface area contributed by atoms with E-state index < -0.39 is 0 Å². The first-order chi connectivity index (χ1) is 13.3. The lowest BCUT2D eigenvalue weighted by atomic mass is 10.1. The predicted molar refractivity (Wildman–Crippen MR) is 112 cm³/mol. The smallest absolute Gasteiger partial charge is 0.191 e. The number of benzene rings is 2. The number of aliphatic imine (C=N–C) groups is 1. The second-order valence-electron chi connectivity index (χ2n) is 6.45. The topological polar surface area (TPSA) is 65.1 Å². The molecular weight excluding hydrogens is 334 g/mol. The highest BCUT2D eigenvalue weighted by molar-refractivity contribution is 5.84. The molecule has 0 radical (unpaired) electrons. The van der Waals surface area contributed by atoms with Crippen molar-refractivity contribution in [1.82, 2.24) is 20.6 Å². The van der Waals surface area contributed by atoms with Gasteiger partial charge in [-0.2, -0.15) is 0 Å². The van der Waals surface area contributed by atoms with Crippen LogP contribution in [0.15, 0.2) is 72.0 Å². The van der Waals surface area contributed by atoms with Gasteiger partial charge in [-0.1, -0.05) is 36.4 Å². The first-order valence-electron chi connectivity index (χ1n) is 9.17. The average molecular weight is 357 g/mol. The van der Waals surface area contributed by atoms with Gasteiger partial charge in [0, 0.05) is 48.8 Å². The van der Waals surface area contributed by atoms with Crippen LogP contribution in [0, 0.1) is 0 Å². The van der Waals surface area contributed by atoms with Gasteiger partial charge in [0.05, 0.1) is 5.52 Å². The number of nitrogens with zero attached hydrogens (tertiary/aromatic N) is 2. The molecule has 0 bridgehead atoms. The summed E-state index contributed by atoms with van der Waals surface area (Å²) in [7, 11) is 1.80. The Labute approximate surface area is 158 Å². The van der Waals surface area contributed by atoms with Gasteiger partial charge in [0.25, 0.3) is 0 Å². The monoisotopic (exact) mass is 357 g/mol. The molecule has 0 saturated carbocycles. The molecule has 2 aromatic carbocycles. The highest BCUT2D eigenvalue weighted by Gasteiger charge is 2.05. The standard InChI is InChI=1S/C22H23N5/c1-23-22(25-13-11-16-14-26-21-9-5-3-7-19(16)21)27-15-17-10-12-24-20-8-4-2-6-18(17)20/h2-10,12,14,26H,11,13,15H2,1H3,(H2,23,25,27). The summed E-state index contributed by atoms with van der Waals surface area (Å²) in [6.07, 6.45) is 4.88. The number of aromatic amines is 1. The minimum Gasteiger partial charge on any atom is -0.361 e. The lowest BCUT2D eigenvalue weighted by molar-refractivity contribution is 0.798. The first-order valence-corrected chi connectivity index (χ1v) is 9.17. The van der Waals surface area contributed by atoms with E-state index in [9.17, 15) is 0 Å². The number of nitrogens with one attached hydrogen (secondary N) is 3. The normalized spacial score (nSPS) is 11.8. The largest absolute Gasteiger partial charge is 0.361 e. The Kier molecular flexibility index (Phi) is 5.01. The third-order valence-electron chi connectivity index (χ3n) is 4.77. The zero-order valence-corrected chi connectivity index (χ0v) is 15.4. The van der Waals surface area contributed by atoms with Gasteiger partial charge >= 0.3 is 0 Å². The molecule has 0 aliphatic carbocycles. The van der Waals surface area contributed by atoms with E-state index in [4.69, 9.17) is 0 Å². The van der Waals surface area contributed by atoms with E-state index in [1.165, 1.54) is 27.4 Å². The van der Waals surface area contributed by atoms with Gasteiger partial charge in [0.2, 0.25) is 0 Å². The molecule has 0 atom stereocenters. The lowest BCUT2D eigenvalue weighted by Crippen LogP contribution is -2.37. The van der Waals surface area contributed by atoms with Crippen LogP contribution in [0.2, 0.25) is 0 Å². The van der Waals surface area contributed by atoms with Gasteiger partial charge in [-0.05, 0) is 35.7 Å². The van der Waals surface area contributed by atoms with Crippen LogP contribution < -0.4 is 10.6 Å². The quantitative estimate of drug-likeness (QED) is 0.377. The molecule has 4 rings (SSSR count). The van der Waals surface area contributed by atoms with E-state index in [2.05, 4.69) is 68.2 Å². The van der Waals surface area contributed by atoms with Gasteiger partial charge in [0.15, 0.2) is 5.96 Å². The summed E-state index contributed by atoms with van der Waals surface area (Å²) in [6, 6.07) is 18.6. The number of pyridine rings is 1. The Morgan fingerprint density at radius 3 is 2.67 bits per heavy atom. The lowest BCUT2D eigenvalue weighted by Gasteiger charge is -2.13. The zero-order valence-electron chi connectivity index (χ0n) is 15.4. The van der Waals surface area contributed by atoms with E-state index in [0.717, 1.165) is 24.4 Å². The number of fused-ring (bicyclic) bond motifs is 2. The van der Waals surface area contributed by atoms with Crippen molar-refractivity contribution < 1.29 is 0 Å². The predicted octanol–water partition coefficient (Wildman–Crippen LogP) is 3.62. The first kappa shape index (κ1) is 17.1. The van der Waals surface area contributed by atoms with Crippen molar-refractivity contribution >= 4 is 27.8 Å². The van der Waals surface area contributed by atoms with Crippen LogP contribution in [-0.4, -0.2) is 29.5 Å². The van der Waals surface area contributed by atoms with Crippen molar-refractivity contribution in [2.24, 2.45) is 4.99 Å². The molecule has 0 fully saturated rings. The maximum Gasteiger partial charge on any atom is 0.191 e. The number of aromatic nitrogens is 2. The van der Waals surface area contributed by atoms with Crippen LogP contribution in [0.3, 0.4) is 0 Å². The Hall–Kier alpha value is -3.34. The highest BCUT2D eigenvalue weighted by Crippen LogP contribution is 2.18. The van der Waals surface area contributed by atoms with E-state index in [0.29, 0.717) is 6.54 Å². The Bertz CT molecular complexity index is 1070. The van der Waals surface area contributed by atoms with Crippen LogP contribution in [-0.2, 0) is 13.0 Å². The van der Waals surface area contributed by atoms with Crippen molar-refractivity contribution in [2.75, 3.05) is 13.6 Å². The van der Waals surface area contributed by atoms with Crippen LogP contribution in [0.1, 0.15) is 11.1 Å². The molecule has 2 heterocycles. The minimum absolute atomic E-state index is 0.704. The molecule has 136 valence electrons. The van der Waals surface area contributed by atoms with Crippen molar-refractivity contribution in [3.63, 3.8) is 0 Å². The molecule has 27 heavy (non-hydrogen) atoms. The van der Waals surface area contributed by atoms with E-state index in [-0.39, 0.29) is 0 Å². The fourth-order valence-electron chi connectivity index (χ4n) is 3.36. The van der Waals surface area contributed by atoms with Crippen LogP contribution in [0.25, 0.3) is 21.8 Å². The summed E-state index contributed by atoms with van der Waals surface area (Å²) in [5, 5.41) is 9.25. The average Bonchev–Trinajstić information content (AvgIpc) is 3.13. The molecule has 0 spiro atoms. The molecule has 0 aliphatic heterocycles. The third kappa shape index (κ3) is 3.77.